The van der Waals surface area contributed by atoms with Crippen LogP contribution >= 0.6 is 11.3 Å². The number of methoxy groups -OCH3 is 1. The van der Waals surface area contributed by atoms with Gasteiger partial charge in [-0.3, -0.25) is 4.79 Å². The normalized spacial score (nSPS) is 18.2. The van der Waals surface area contributed by atoms with Crippen LogP contribution in [0.2, 0.25) is 0 Å². The van der Waals surface area contributed by atoms with Crippen LogP contribution in [0.4, 0.5) is 5.13 Å². The lowest BCUT2D eigenvalue weighted by atomic mass is 9.96. The van der Waals surface area contributed by atoms with Crippen LogP contribution < -0.4 is 15.0 Å². The number of carbonyl (C=O) groups excluding carboxylic acids is 1. The van der Waals surface area contributed by atoms with Gasteiger partial charge in [0.2, 0.25) is 0 Å². The highest BCUT2D eigenvalue weighted by atomic mass is 32.1. The molecule has 2 aromatic rings. The van der Waals surface area contributed by atoms with Gasteiger partial charge < -0.3 is 19.9 Å². The summed E-state index contributed by atoms with van der Waals surface area (Å²) in [5.74, 6) is 0.701. The van der Waals surface area contributed by atoms with Crippen molar-refractivity contribution in [3.8, 4) is 17.0 Å². The molecule has 30 heavy (non-hydrogen) atoms. The maximum Gasteiger partial charge on any atom is 0.251 e. The SMILES string of the molecule is COc1ccc(C(=O)NCC2(N(C)C)CCCC2)cc1-c1csc(N2CCCC2)n1. The molecule has 0 atom stereocenters. The number of aromatic nitrogens is 1. The van der Waals surface area contributed by atoms with E-state index >= 15 is 0 Å². The third kappa shape index (κ3) is 4.18. The van der Waals surface area contributed by atoms with Gasteiger partial charge in [-0.15, -0.1) is 11.3 Å². The first-order valence-electron chi connectivity index (χ1n) is 10.9. The molecule has 162 valence electrons. The number of likely N-dealkylation sites (N-methyl/N-ethyl adjacent to an activating group) is 1. The molecule has 0 bridgehead atoms. The molecule has 1 saturated heterocycles. The van der Waals surface area contributed by atoms with Gasteiger partial charge in [0.15, 0.2) is 5.13 Å². The Kier molecular flexibility index (Phi) is 6.29. The maximum atomic E-state index is 13.0. The maximum absolute atomic E-state index is 13.0. The number of rotatable bonds is 7. The van der Waals surface area contributed by atoms with Crippen molar-refractivity contribution in [2.24, 2.45) is 0 Å². The summed E-state index contributed by atoms with van der Waals surface area (Å²) in [6.07, 6.45) is 7.16. The van der Waals surface area contributed by atoms with E-state index in [2.05, 4.69) is 34.6 Å². The fourth-order valence-electron chi connectivity index (χ4n) is 4.65. The second-order valence-corrected chi connectivity index (χ2v) is 9.47. The molecule has 6 nitrogen and oxygen atoms in total. The molecule has 1 saturated carbocycles. The van der Waals surface area contributed by atoms with E-state index in [0.717, 1.165) is 48.1 Å². The third-order valence-electron chi connectivity index (χ3n) is 6.67. The van der Waals surface area contributed by atoms with E-state index in [0.29, 0.717) is 12.1 Å². The minimum absolute atomic E-state index is 0.0398. The summed E-state index contributed by atoms with van der Waals surface area (Å²) in [6.45, 7) is 2.82. The molecule has 1 aromatic carbocycles. The average molecular weight is 429 g/mol. The Morgan fingerprint density at radius 2 is 1.97 bits per heavy atom. The molecule has 1 N–H and O–H groups in total. The van der Waals surface area contributed by atoms with Gasteiger partial charge in [0, 0.05) is 41.7 Å². The van der Waals surface area contributed by atoms with E-state index in [-0.39, 0.29) is 11.4 Å². The zero-order chi connectivity index (χ0) is 21.1. The number of benzene rings is 1. The third-order valence-corrected chi connectivity index (χ3v) is 7.57. The van der Waals surface area contributed by atoms with Crippen LogP contribution in [0.25, 0.3) is 11.3 Å². The number of hydrogen-bond acceptors (Lipinski definition) is 6. The van der Waals surface area contributed by atoms with Crippen LogP contribution in [-0.4, -0.2) is 62.2 Å². The number of thiazole rings is 1. The molecule has 2 aliphatic rings. The topological polar surface area (TPSA) is 57.7 Å². The number of nitrogens with zero attached hydrogens (tertiary/aromatic N) is 3. The number of ether oxygens (including phenoxy) is 1. The zero-order valence-electron chi connectivity index (χ0n) is 18.2. The second-order valence-electron chi connectivity index (χ2n) is 8.63. The first kappa shape index (κ1) is 21.1. The lowest BCUT2D eigenvalue weighted by Gasteiger charge is -2.36. The Morgan fingerprint density at radius 3 is 2.63 bits per heavy atom. The summed E-state index contributed by atoms with van der Waals surface area (Å²) >= 11 is 1.66. The van der Waals surface area contributed by atoms with Crippen LogP contribution in [-0.2, 0) is 0 Å². The Hall–Kier alpha value is -2.12. The highest BCUT2D eigenvalue weighted by Crippen LogP contribution is 2.36. The fourth-order valence-corrected chi connectivity index (χ4v) is 5.53. The molecule has 4 rings (SSSR count). The van der Waals surface area contributed by atoms with Gasteiger partial charge in [0.05, 0.1) is 12.8 Å². The largest absolute Gasteiger partial charge is 0.496 e. The standard InChI is InChI=1S/C23H32N4O2S/c1-26(2)23(10-4-5-11-23)16-24-21(28)17-8-9-20(29-3)18(14-17)19-15-30-22(25-19)27-12-6-7-13-27/h8-9,14-15H,4-7,10-13,16H2,1-3H3,(H,24,28). The predicted octanol–water partition coefficient (Wildman–Crippen LogP) is 4.02. The Bertz CT molecular complexity index is 883. The molecule has 7 heteroatoms. The highest BCUT2D eigenvalue weighted by molar-refractivity contribution is 7.14. The molecule has 1 amide bonds. The van der Waals surface area contributed by atoms with Crippen molar-refractivity contribution < 1.29 is 9.53 Å². The minimum Gasteiger partial charge on any atom is -0.496 e. The van der Waals surface area contributed by atoms with E-state index in [1.165, 1.54) is 25.7 Å². The summed E-state index contributed by atoms with van der Waals surface area (Å²) in [5.41, 5.74) is 2.46. The van der Waals surface area contributed by atoms with E-state index < -0.39 is 0 Å². The molecule has 2 heterocycles. The van der Waals surface area contributed by atoms with Crippen molar-refractivity contribution in [3.63, 3.8) is 0 Å². The highest BCUT2D eigenvalue weighted by Gasteiger charge is 2.36. The van der Waals surface area contributed by atoms with Gasteiger partial charge in [-0.2, -0.15) is 0 Å². The molecule has 0 radical (unpaired) electrons. The number of nitrogens with one attached hydrogen (secondary N) is 1. The quantitative estimate of drug-likeness (QED) is 0.722. The Labute approximate surface area is 183 Å². The fraction of sp³-hybridized carbons (Fsp3) is 0.565. The minimum atomic E-state index is -0.0398. The molecule has 1 aliphatic heterocycles. The van der Waals surface area contributed by atoms with Gasteiger partial charge in [0.25, 0.3) is 5.91 Å². The molecule has 1 aromatic heterocycles. The van der Waals surface area contributed by atoms with Gasteiger partial charge in [-0.1, -0.05) is 12.8 Å². The van der Waals surface area contributed by atoms with Crippen molar-refractivity contribution in [1.29, 1.82) is 0 Å². The summed E-state index contributed by atoms with van der Waals surface area (Å²) in [4.78, 5) is 22.4. The van der Waals surface area contributed by atoms with E-state index in [4.69, 9.17) is 9.72 Å². The summed E-state index contributed by atoms with van der Waals surface area (Å²) in [6, 6.07) is 5.62. The average Bonchev–Trinajstić information content (AvgIpc) is 3.52. The van der Waals surface area contributed by atoms with E-state index in [1.54, 1.807) is 18.4 Å². The van der Waals surface area contributed by atoms with Crippen molar-refractivity contribution in [3.05, 3.63) is 29.1 Å². The van der Waals surface area contributed by atoms with E-state index in [9.17, 15) is 4.79 Å². The van der Waals surface area contributed by atoms with Crippen molar-refractivity contribution >= 4 is 22.4 Å². The summed E-state index contributed by atoms with van der Waals surface area (Å²) in [7, 11) is 5.89. The molecular weight excluding hydrogens is 396 g/mol. The van der Waals surface area contributed by atoms with Gasteiger partial charge in [-0.25, -0.2) is 4.98 Å². The molecule has 1 aliphatic carbocycles. The number of hydrogen-bond donors (Lipinski definition) is 1. The van der Waals surface area contributed by atoms with Crippen LogP contribution in [0, 0.1) is 0 Å². The van der Waals surface area contributed by atoms with Crippen LogP contribution in [0.3, 0.4) is 0 Å². The second kappa shape index (κ2) is 8.94. The number of anilines is 1. The lowest BCUT2D eigenvalue weighted by molar-refractivity contribution is 0.0900. The van der Waals surface area contributed by atoms with Crippen molar-refractivity contribution in [2.45, 2.75) is 44.1 Å². The van der Waals surface area contributed by atoms with Gasteiger partial charge in [0.1, 0.15) is 5.75 Å². The predicted molar refractivity (Wildman–Crippen MR) is 123 cm³/mol. The molecular formula is C23H32N4O2S. The van der Waals surface area contributed by atoms with E-state index in [1.807, 2.05) is 18.2 Å². The van der Waals surface area contributed by atoms with Crippen LogP contribution in [0.5, 0.6) is 5.75 Å². The number of amides is 1. The lowest BCUT2D eigenvalue weighted by Crippen LogP contribution is -2.50. The Balaban J connectivity index is 1.53. The van der Waals surface area contributed by atoms with Gasteiger partial charge >= 0.3 is 0 Å². The first-order valence-corrected chi connectivity index (χ1v) is 11.7. The summed E-state index contributed by atoms with van der Waals surface area (Å²) in [5, 5.41) is 6.29. The Morgan fingerprint density at radius 1 is 1.23 bits per heavy atom. The van der Waals surface area contributed by atoms with Crippen molar-refractivity contribution in [1.82, 2.24) is 15.2 Å². The van der Waals surface area contributed by atoms with Crippen molar-refractivity contribution in [2.75, 3.05) is 45.7 Å². The summed E-state index contributed by atoms with van der Waals surface area (Å²) < 4.78 is 5.57. The van der Waals surface area contributed by atoms with Gasteiger partial charge in [-0.05, 0) is 58.0 Å². The zero-order valence-corrected chi connectivity index (χ0v) is 19.1. The number of carbonyl (C=O) groups is 1. The first-order chi connectivity index (χ1) is 14.5. The molecule has 0 spiro atoms. The molecule has 2 fully saturated rings. The van der Waals surface area contributed by atoms with Crippen LogP contribution in [0.15, 0.2) is 23.6 Å². The smallest absolute Gasteiger partial charge is 0.251 e. The van der Waals surface area contributed by atoms with Crippen LogP contribution in [0.1, 0.15) is 48.9 Å². The molecule has 0 unspecified atom stereocenters. The monoisotopic (exact) mass is 428 g/mol.